The maximum atomic E-state index is 11.1. The van der Waals surface area contributed by atoms with Gasteiger partial charge < -0.3 is 9.64 Å². The van der Waals surface area contributed by atoms with E-state index < -0.39 is 0 Å². The summed E-state index contributed by atoms with van der Waals surface area (Å²) in [4.78, 5) is 25.6. The van der Waals surface area contributed by atoms with Gasteiger partial charge in [0.1, 0.15) is 0 Å². The van der Waals surface area contributed by atoms with Crippen LogP contribution >= 0.6 is 11.8 Å². The highest BCUT2D eigenvalue weighted by molar-refractivity contribution is 7.99. The van der Waals surface area contributed by atoms with Crippen LogP contribution in [0.1, 0.15) is 13.8 Å². The molecule has 0 radical (unpaired) electrons. The van der Waals surface area contributed by atoms with Crippen LogP contribution in [0, 0.1) is 0 Å². The highest BCUT2D eigenvalue weighted by Gasteiger charge is 2.12. The molecule has 0 atom stereocenters. The number of nitrogen functional groups attached to an aromatic ring is 1. The Morgan fingerprint density at radius 1 is 1.37 bits per heavy atom. The number of hydrogen-bond donors (Lipinski definition) is 2. The normalized spacial score (nSPS) is 10.1. The molecule has 1 heterocycles. The molecule has 19 heavy (non-hydrogen) atoms. The second kappa shape index (κ2) is 7.74. The number of ether oxygens (including phenoxy) is 1. The number of aromatic nitrogens is 3. The van der Waals surface area contributed by atoms with E-state index in [0.717, 1.165) is 13.1 Å². The average molecular weight is 286 g/mol. The third-order valence-corrected chi connectivity index (χ3v) is 3.15. The fraction of sp³-hybridized carbons (Fsp3) is 0.600. The molecule has 0 unspecified atom stereocenters. The molecular weight excluding hydrogens is 268 g/mol. The second-order valence-corrected chi connectivity index (χ2v) is 4.37. The summed E-state index contributed by atoms with van der Waals surface area (Å²) in [6.07, 6.45) is 0. The van der Waals surface area contributed by atoms with Gasteiger partial charge in [-0.1, -0.05) is 11.8 Å². The molecule has 1 aromatic rings. The summed E-state index contributed by atoms with van der Waals surface area (Å²) in [5, 5.41) is 0.426. The summed E-state index contributed by atoms with van der Waals surface area (Å²) in [5.74, 6) is 5.93. The van der Waals surface area contributed by atoms with Gasteiger partial charge in [0.25, 0.3) is 0 Å². The van der Waals surface area contributed by atoms with Crippen LogP contribution in [0.2, 0.25) is 0 Å². The number of hydrazine groups is 1. The van der Waals surface area contributed by atoms with Crippen LogP contribution in [-0.2, 0) is 9.53 Å². The van der Waals surface area contributed by atoms with E-state index in [1.54, 1.807) is 0 Å². The van der Waals surface area contributed by atoms with Crippen LogP contribution in [-0.4, -0.2) is 46.9 Å². The first-order valence-electron chi connectivity index (χ1n) is 5.81. The van der Waals surface area contributed by atoms with Gasteiger partial charge in [-0.15, -0.1) is 0 Å². The lowest BCUT2D eigenvalue weighted by molar-refractivity contribution is -0.137. The van der Waals surface area contributed by atoms with Gasteiger partial charge >= 0.3 is 5.97 Å². The molecule has 0 aromatic carbocycles. The van der Waals surface area contributed by atoms with Crippen LogP contribution in [0.15, 0.2) is 5.16 Å². The summed E-state index contributed by atoms with van der Waals surface area (Å²) in [5.41, 5.74) is 2.39. The van der Waals surface area contributed by atoms with E-state index >= 15 is 0 Å². The van der Waals surface area contributed by atoms with Crippen molar-refractivity contribution >= 4 is 29.6 Å². The molecule has 0 saturated heterocycles. The first-order valence-corrected chi connectivity index (χ1v) is 6.80. The van der Waals surface area contributed by atoms with E-state index in [0.29, 0.717) is 11.1 Å². The smallest absolute Gasteiger partial charge is 0.316 e. The minimum Gasteiger partial charge on any atom is -0.468 e. The molecule has 0 bridgehead atoms. The molecule has 0 saturated carbocycles. The first-order chi connectivity index (χ1) is 9.14. The second-order valence-electron chi connectivity index (χ2n) is 3.42. The molecule has 0 fully saturated rings. The number of carbonyl (C=O) groups is 1. The van der Waals surface area contributed by atoms with Crippen molar-refractivity contribution in [3.8, 4) is 0 Å². The molecule has 0 amide bonds. The Hall–Kier alpha value is -1.61. The van der Waals surface area contributed by atoms with Crippen molar-refractivity contribution in [3.63, 3.8) is 0 Å². The Kier molecular flexibility index (Phi) is 6.30. The Labute approximate surface area is 116 Å². The highest BCUT2D eigenvalue weighted by Crippen LogP contribution is 2.18. The van der Waals surface area contributed by atoms with Crippen molar-refractivity contribution in [2.45, 2.75) is 19.0 Å². The predicted molar refractivity (Wildman–Crippen MR) is 73.9 cm³/mol. The molecule has 106 valence electrons. The van der Waals surface area contributed by atoms with Gasteiger partial charge in [0.2, 0.25) is 11.9 Å². The summed E-state index contributed by atoms with van der Waals surface area (Å²) in [7, 11) is 1.34. The van der Waals surface area contributed by atoms with Crippen molar-refractivity contribution in [3.05, 3.63) is 0 Å². The van der Waals surface area contributed by atoms with E-state index in [9.17, 15) is 4.79 Å². The fourth-order valence-corrected chi connectivity index (χ4v) is 1.97. The fourth-order valence-electron chi connectivity index (χ4n) is 1.31. The molecular formula is C10H18N6O2S. The maximum Gasteiger partial charge on any atom is 0.316 e. The molecule has 3 N–H and O–H groups in total. The number of nitrogens with zero attached hydrogens (tertiary/aromatic N) is 4. The summed E-state index contributed by atoms with van der Waals surface area (Å²) in [6.45, 7) is 5.55. The molecule has 8 nitrogen and oxygen atoms in total. The molecule has 0 aliphatic carbocycles. The minimum absolute atomic E-state index is 0.141. The number of hydrogen-bond acceptors (Lipinski definition) is 9. The Balaban J connectivity index is 2.91. The third-order valence-electron chi connectivity index (χ3n) is 2.33. The van der Waals surface area contributed by atoms with Crippen LogP contribution in [0.3, 0.4) is 0 Å². The van der Waals surface area contributed by atoms with Gasteiger partial charge in [-0.05, 0) is 13.8 Å². The van der Waals surface area contributed by atoms with Crippen molar-refractivity contribution in [2.75, 3.05) is 36.3 Å². The van der Waals surface area contributed by atoms with Crippen LogP contribution < -0.4 is 16.2 Å². The van der Waals surface area contributed by atoms with Crippen LogP contribution in [0.25, 0.3) is 0 Å². The number of esters is 1. The largest absolute Gasteiger partial charge is 0.468 e. The number of rotatable bonds is 7. The molecule has 0 aliphatic rings. The van der Waals surface area contributed by atoms with Gasteiger partial charge in [-0.2, -0.15) is 15.0 Å². The van der Waals surface area contributed by atoms with E-state index in [1.165, 1.54) is 18.9 Å². The van der Waals surface area contributed by atoms with Crippen molar-refractivity contribution < 1.29 is 9.53 Å². The summed E-state index contributed by atoms with van der Waals surface area (Å²) >= 11 is 1.18. The number of nitrogens with two attached hydrogens (primary N) is 1. The zero-order valence-electron chi connectivity index (χ0n) is 11.2. The topological polar surface area (TPSA) is 106 Å². The summed E-state index contributed by atoms with van der Waals surface area (Å²) < 4.78 is 4.57. The van der Waals surface area contributed by atoms with Crippen molar-refractivity contribution in [1.82, 2.24) is 15.0 Å². The molecule has 0 aliphatic heterocycles. The first kappa shape index (κ1) is 15.4. The van der Waals surface area contributed by atoms with Crippen LogP contribution in [0.5, 0.6) is 0 Å². The maximum absolute atomic E-state index is 11.1. The standard InChI is InChI=1S/C10H18N6O2S/c1-4-16(5-2)9-12-8(15-11)13-10(14-9)19-6-7(17)18-3/h4-6,11H2,1-3H3,(H,12,13,14,15). The number of anilines is 2. The monoisotopic (exact) mass is 286 g/mol. The predicted octanol–water partition coefficient (Wildman–Crippen LogP) is 0.269. The van der Waals surface area contributed by atoms with Crippen molar-refractivity contribution in [2.24, 2.45) is 5.84 Å². The van der Waals surface area contributed by atoms with Gasteiger partial charge in [-0.3, -0.25) is 10.2 Å². The quantitative estimate of drug-likeness (QED) is 0.316. The number of nitrogens with one attached hydrogen (secondary N) is 1. The number of thioether (sulfide) groups is 1. The molecule has 9 heteroatoms. The van der Waals surface area contributed by atoms with Crippen molar-refractivity contribution in [1.29, 1.82) is 0 Å². The van der Waals surface area contributed by atoms with E-state index in [1.807, 2.05) is 18.7 Å². The number of methoxy groups -OCH3 is 1. The average Bonchev–Trinajstić information content (AvgIpc) is 2.45. The van der Waals surface area contributed by atoms with Crippen LogP contribution in [0.4, 0.5) is 11.9 Å². The Morgan fingerprint density at radius 2 is 2.05 bits per heavy atom. The molecule has 0 spiro atoms. The zero-order chi connectivity index (χ0) is 14.3. The number of carbonyl (C=O) groups excluding carboxylic acids is 1. The Morgan fingerprint density at radius 3 is 2.58 bits per heavy atom. The lowest BCUT2D eigenvalue weighted by Gasteiger charge is -2.19. The van der Waals surface area contributed by atoms with Gasteiger partial charge in [-0.25, -0.2) is 5.84 Å². The van der Waals surface area contributed by atoms with E-state index in [4.69, 9.17) is 5.84 Å². The van der Waals surface area contributed by atoms with Gasteiger partial charge in [0.15, 0.2) is 5.16 Å². The van der Waals surface area contributed by atoms with E-state index in [-0.39, 0.29) is 17.7 Å². The van der Waals surface area contributed by atoms with Gasteiger partial charge in [0, 0.05) is 13.1 Å². The Bertz CT molecular complexity index is 426. The lowest BCUT2D eigenvalue weighted by atomic mass is 10.5. The SMILES string of the molecule is CCN(CC)c1nc(NN)nc(SCC(=O)OC)n1. The minimum atomic E-state index is -0.336. The zero-order valence-corrected chi connectivity index (χ0v) is 12.0. The third kappa shape index (κ3) is 4.52. The van der Waals surface area contributed by atoms with Gasteiger partial charge in [0.05, 0.1) is 12.9 Å². The molecule has 1 rings (SSSR count). The molecule has 1 aromatic heterocycles. The summed E-state index contributed by atoms with van der Waals surface area (Å²) in [6, 6.07) is 0. The highest BCUT2D eigenvalue weighted by atomic mass is 32.2. The van der Waals surface area contributed by atoms with E-state index in [2.05, 4.69) is 25.1 Å². The lowest BCUT2D eigenvalue weighted by Crippen LogP contribution is -2.25.